The first-order chi connectivity index (χ1) is 11.4. The summed E-state index contributed by atoms with van der Waals surface area (Å²) in [5.41, 5.74) is 1.08. The minimum Gasteiger partial charge on any atom is -0.357 e. The minimum atomic E-state index is -3.13. The van der Waals surface area contributed by atoms with Gasteiger partial charge in [0.25, 0.3) is 0 Å². The van der Waals surface area contributed by atoms with Crippen LogP contribution >= 0.6 is 24.0 Å². The molecule has 1 aromatic carbocycles. The van der Waals surface area contributed by atoms with E-state index in [0.29, 0.717) is 11.4 Å². The highest BCUT2D eigenvalue weighted by atomic mass is 127. The summed E-state index contributed by atoms with van der Waals surface area (Å²) in [6, 6.07) is 7.02. The van der Waals surface area contributed by atoms with Crippen LogP contribution < -0.4 is 5.32 Å². The van der Waals surface area contributed by atoms with E-state index in [4.69, 9.17) is 0 Å². The quantitative estimate of drug-likeness (QED) is 0.194. The van der Waals surface area contributed by atoms with Crippen LogP contribution in [-0.2, 0) is 16.3 Å². The van der Waals surface area contributed by atoms with E-state index in [1.807, 2.05) is 25.3 Å². The number of nitrogens with one attached hydrogen (secondary N) is 1. The van der Waals surface area contributed by atoms with Gasteiger partial charge < -0.3 is 10.2 Å². The third-order valence-corrected chi connectivity index (χ3v) is 4.74. The Hall–Kier alpha value is -1.09. The second-order valence-electron chi connectivity index (χ2n) is 5.75. The Labute approximate surface area is 169 Å². The summed E-state index contributed by atoms with van der Waals surface area (Å²) in [6.45, 7) is 8.21. The lowest BCUT2D eigenvalue weighted by Gasteiger charge is -2.21. The molecule has 0 saturated carbocycles. The third kappa shape index (κ3) is 9.25. The van der Waals surface area contributed by atoms with Crippen LogP contribution in [0.25, 0.3) is 0 Å². The van der Waals surface area contributed by atoms with Gasteiger partial charge in [0.2, 0.25) is 0 Å². The number of unbranched alkanes of at least 4 members (excludes halogenated alkanes) is 1. The molecule has 1 rings (SSSR count). The van der Waals surface area contributed by atoms with Crippen LogP contribution in [0.1, 0.15) is 25.3 Å². The van der Waals surface area contributed by atoms with Gasteiger partial charge in [-0.05, 0) is 43.9 Å². The lowest BCUT2D eigenvalue weighted by Crippen LogP contribution is -2.39. The first-order valence-electron chi connectivity index (χ1n) is 8.27. The van der Waals surface area contributed by atoms with Gasteiger partial charge in [-0.3, -0.25) is 4.99 Å². The molecular weight excluding hydrogens is 449 g/mol. The molecule has 0 aliphatic carbocycles. The molecule has 0 aliphatic heterocycles. The molecule has 5 nitrogen and oxygen atoms in total. The van der Waals surface area contributed by atoms with Gasteiger partial charge >= 0.3 is 0 Å². The van der Waals surface area contributed by atoms with Gasteiger partial charge in [0.05, 0.1) is 4.90 Å². The minimum absolute atomic E-state index is 0. The molecule has 0 radical (unpaired) electrons. The van der Waals surface area contributed by atoms with E-state index in [9.17, 15) is 8.42 Å². The molecule has 0 aliphatic rings. The van der Waals surface area contributed by atoms with Crippen molar-refractivity contribution in [2.24, 2.45) is 4.99 Å². The van der Waals surface area contributed by atoms with Gasteiger partial charge in [-0.1, -0.05) is 18.2 Å². The Morgan fingerprint density at radius 2 is 1.96 bits per heavy atom. The molecule has 0 fully saturated rings. The fraction of sp³-hybridized carbons (Fsp3) is 0.500. The number of hydrogen-bond acceptors (Lipinski definition) is 3. The Kier molecular flexibility index (Phi) is 11.8. The Balaban J connectivity index is 0.00000576. The smallest absolute Gasteiger partial charge is 0.193 e. The average molecular weight is 479 g/mol. The molecule has 1 aromatic rings. The summed E-state index contributed by atoms with van der Waals surface area (Å²) in [7, 11) is -1.10. The molecule has 0 aromatic heterocycles. The predicted molar refractivity (Wildman–Crippen MR) is 117 cm³/mol. The van der Waals surface area contributed by atoms with Crippen LogP contribution in [0, 0.1) is 0 Å². The van der Waals surface area contributed by atoms with Crippen LogP contribution in [-0.4, -0.2) is 52.2 Å². The van der Waals surface area contributed by atoms with Crippen molar-refractivity contribution < 1.29 is 8.42 Å². The second kappa shape index (κ2) is 12.3. The zero-order valence-electron chi connectivity index (χ0n) is 15.4. The first kappa shape index (κ1) is 23.9. The summed E-state index contributed by atoms with van der Waals surface area (Å²) < 4.78 is 22.9. The standard InChI is InChI=1S/C18H29N3O2S.HI/c1-5-7-8-15-21(3)18(19-6-2)20-14-13-16-9-11-17(12-10-16)24(4,22)23;/h5,9-12H,1,6-8,13-15H2,2-4H3,(H,19,20);1H. The lowest BCUT2D eigenvalue weighted by atomic mass is 10.1. The van der Waals surface area contributed by atoms with Crippen molar-refractivity contribution >= 4 is 39.8 Å². The molecule has 142 valence electrons. The maximum atomic E-state index is 11.5. The van der Waals surface area contributed by atoms with E-state index in [2.05, 4.69) is 28.7 Å². The van der Waals surface area contributed by atoms with Crippen molar-refractivity contribution in [2.45, 2.75) is 31.1 Å². The summed E-state index contributed by atoms with van der Waals surface area (Å²) in [5, 5.41) is 3.30. The Morgan fingerprint density at radius 3 is 2.48 bits per heavy atom. The predicted octanol–water partition coefficient (Wildman–Crippen LogP) is 3.11. The third-order valence-electron chi connectivity index (χ3n) is 3.61. The molecule has 7 heteroatoms. The molecule has 0 spiro atoms. The van der Waals surface area contributed by atoms with Crippen molar-refractivity contribution in [1.29, 1.82) is 0 Å². The molecule has 0 unspecified atom stereocenters. The molecule has 0 heterocycles. The van der Waals surface area contributed by atoms with E-state index in [1.54, 1.807) is 12.1 Å². The van der Waals surface area contributed by atoms with Gasteiger partial charge in [0, 0.05) is 32.9 Å². The van der Waals surface area contributed by atoms with Crippen molar-refractivity contribution in [3.05, 3.63) is 42.5 Å². The average Bonchev–Trinajstić information content (AvgIpc) is 2.54. The molecule has 1 N–H and O–H groups in total. The normalized spacial score (nSPS) is 11.6. The van der Waals surface area contributed by atoms with Crippen molar-refractivity contribution in [3.8, 4) is 0 Å². The van der Waals surface area contributed by atoms with Gasteiger partial charge in [-0.15, -0.1) is 30.6 Å². The number of hydrogen-bond donors (Lipinski definition) is 1. The topological polar surface area (TPSA) is 61.8 Å². The molecule has 0 atom stereocenters. The van der Waals surface area contributed by atoms with E-state index in [0.717, 1.165) is 43.9 Å². The summed E-state index contributed by atoms with van der Waals surface area (Å²) >= 11 is 0. The maximum absolute atomic E-state index is 11.5. The van der Waals surface area contributed by atoms with Crippen molar-refractivity contribution in [2.75, 3.05) is 32.9 Å². The van der Waals surface area contributed by atoms with Crippen LogP contribution in [0.15, 0.2) is 46.8 Å². The monoisotopic (exact) mass is 479 g/mol. The molecule has 25 heavy (non-hydrogen) atoms. The van der Waals surface area contributed by atoms with E-state index in [1.165, 1.54) is 6.26 Å². The highest BCUT2D eigenvalue weighted by molar-refractivity contribution is 14.0. The largest absolute Gasteiger partial charge is 0.357 e. The van der Waals surface area contributed by atoms with Crippen molar-refractivity contribution in [1.82, 2.24) is 10.2 Å². The number of rotatable bonds is 9. The number of aliphatic imine (C=N–C) groups is 1. The van der Waals surface area contributed by atoms with Crippen LogP contribution in [0.2, 0.25) is 0 Å². The molecule has 0 bridgehead atoms. The summed E-state index contributed by atoms with van der Waals surface area (Å²) in [5.74, 6) is 0.898. The summed E-state index contributed by atoms with van der Waals surface area (Å²) in [4.78, 5) is 7.12. The van der Waals surface area contributed by atoms with Gasteiger partial charge in [-0.25, -0.2) is 8.42 Å². The number of benzene rings is 1. The van der Waals surface area contributed by atoms with E-state index < -0.39 is 9.84 Å². The van der Waals surface area contributed by atoms with Gasteiger partial charge in [-0.2, -0.15) is 0 Å². The summed E-state index contributed by atoms with van der Waals surface area (Å²) in [6.07, 6.45) is 5.97. The zero-order valence-corrected chi connectivity index (χ0v) is 18.5. The van der Waals surface area contributed by atoms with Gasteiger partial charge in [0.1, 0.15) is 0 Å². The lowest BCUT2D eigenvalue weighted by molar-refractivity contribution is 0.470. The molecule has 0 amide bonds. The first-order valence-corrected chi connectivity index (χ1v) is 10.2. The highest BCUT2D eigenvalue weighted by Gasteiger charge is 2.07. The van der Waals surface area contributed by atoms with Gasteiger partial charge in [0.15, 0.2) is 15.8 Å². The zero-order chi connectivity index (χ0) is 18.0. The number of allylic oxidation sites excluding steroid dienone is 1. The highest BCUT2D eigenvalue weighted by Crippen LogP contribution is 2.10. The van der Waals surface area contributed by atoms with Crippen LogP contribution in [0.4, 0.5) is 0 Å². The number of guanidine groups is 1. The fourth-order valence-corrected chi connectivity index (χ4v) is 2.87. The van der Waals surface area contributed by atoms with Crippen molar-refractivity contribution in [3.63, 3.8) is 0 Å². The Morgan fingerprint density at radius 1 is 1.32 bits per heavy atom. The Bertz CT molecular complexity index is 643. The van der Waals surface area contributed by atoms with Crippen LogP contribution in [0.3, 0.4) is 0 Å². The molecule has 0 saturated heterocycles. The molecular formula is C18H30IN3O2S. The maximum Gasteiger partial charge on any atom is 0.193 e. The number of halogens is 1. The second-order valence-corrected chi connectivity index (χ2v) is 7.77. The SMILES string of the molecule is C=CCCCN(C)C(=NCCc1ccc(S(C)(=O)=O)cc1)NCC.I. The number of sulfone groups is 1. The number of nitrogens with zero attached hydrogens (tertiary/aromatic N) is 2. The van der Waals surface area contributed by atoms with Crippen LogP contribution in [0.5, 0.6) is 0 Å². The van der Waals surface area contributed by atoms with E-state index in [-0.39, 0.29) is 24.0 Å². The fourth-order valence-electron chi connectivity index (χ4n) is 2.24. The van der Waals surface area contributed by atoms with E-state index >= 15 is 0 Å².